The van der Waals surface area contributed by atoms with Gasteiger partial charge in [-0.05, 0) is 31.0 Å². The first-order valence-corrected chi connectivity index (χ1v) is 9.62. The van der Waals surface area contributed by atoms with Crippen molar-refractivity contribution in [2.45, 2.75) is 38.1 Å². The predicted octanol–water partition coefficient (Wildman–Crippen LogP) is 2.47. The number of carbonyl (C=O) groups is 1. The number of hydrogen-bond acceptors (Lipinski definition) is 3. The Morgan fingerprint density at radius 2 is 2.04 bits per heavy atom. The fourth-order valence-electron chi connectivity index (χ4n) is 2.95. The lowest BCUT2D eigenvalue weighted by Gasteiger charge is -2.33. The Labute approximate surface area is 138 Å². The molecule has 6 heteroatoms. The van der Waals surface area contributed by atoms with Crippen molar-refractivity contribution in [3.63, 3.8) is 0 Å². The summed E-state index contributed by atoms with van der Waals surface area (Å²) in [5.41, 5.74) is 0.821. The number of anilines is 1. The molecule has 0 bridgehead atoms. The van der Waals surface area contributed by atoms with Crippen molar-refractivity contribution in [2.75, 3.05) is 17.5 Å². The van der Waals surface area contributed by atoms with Crippen LogP contribution in [0, 0.1) is 12.3 Å². The SMILES string of the molecule is C#CCN(C(=O)c1cccc(NS(C)(=O)=O)c1)C1CCCCC1. The van der Waals surface area contributed by atoms with Gasteiger partial charge >= 0.3 is 0 Å². The van der Waals surface area contributed by atoms with Crippen LogP contribution in [0.2, 0.25) is 0 Å². The van der Waals surface area contributed by atoms with Crippen LogP contribution >= 0.6 is 0 Å². The van der Waals surface area contributed by atoms with E-state index in [1.54, 1.807) is 29.2 Å². The second-order valence-electron chi connectivity index (χ2n) is 5.88. The van der Waals surface area contributed by atoms with Crippen molar-refractivity contribution in [1.29, 1.82) is 0 Å². The molecule has 1 aliphatic carbocycles. The van der Waals surface area contributed by atoms with Gasteiger partial charge in [0.25, 0.3) is 5.91 Å². The highest BCUT2D eigenvalue weighted by Crippen LogP contribution is 2.24. The Kier molecular flexibility index (Phi) is 5.67. The van der Waals surface area contributed by atoms with Crippen LogP contribution in [-0.2, 0) is 10.0 Å². The number of nitrogens with one attached hydrogen (secondary N) is 1. The highest BCUT2D eigenvalue weighted by molar-refractivity contribution is 7.92. The van der Waals surface area contributed by atoms with E-state index in [2.05, 4.69) is 10.6 Å². The molecule has 124 valence electrons. The van der Waals surface area contributed by atoms with E-state index in [-0.39, 0.29) is 18.5 Å². The molecule has 0 atom stereocenters. The maximum absolute atomic E-state index is 12.8. The normalized spacial score (nSPS) is 15.7. The molecule has 1 saturated carbocycles. The summed E-state index contributed by atoms with van der Waals surface area (Å²) in [4.78, 5) is 14.5. The lowest BCUT2D eigenvalue weighted by molar-refractivity contribution is 0.0667. The third-order valence-electron chi connectivity index (χ3n) is 3.95. The largest absolute Gasteiger partial charge is 0.325 e. The molecule has 1 aromatic carbocycles. The van der Waals surface area contributed by atoms with Gasteiger partial charge in [-0.3, -0.25) is 9.52 Å². The fourth-order valence-corrected chi connectivity index (χ4v) is 3.51. The zero-order valence-corrected chi connectivity index (χ0v) is 14.1. The molecule has 0 aromatic heterocycles. The Morgan fingerprint density at radius 1 is 1.35 bits per heavy atom. The van der Waals surface area contributed by atoms with Crippen LogP contribution in [-0.4, -0.2) is 38.1 Å². The number of hydrogen-bond donors (Lipinski definition) is 1. The van der Waals surface area contributed by atoms with E-state index in [0.29, 0.717) is 11.3 Å². The van der Waals surface area contributed by atoms with Gasteiger partial charge < -0.3 is 4.90 Å². The zero-order valence-electron chi connectivity index (χ0n) is 13.3. The van der Waals surface area contributed by atoms with Crippen molar-refractivity contribution < 1.29 is 13.2 Å². The number of carbonyl (C=O) groups excluding carboxylic acids is 1. The lowest BCUT2D eigenvalue weighted by Crippen LogP contribution is -2.41. The molecule has 1 aliphatic rings. The van der Waals surface area contributed by atoms with Crippen LogP contribution in [0.1, 0.15) is 42.5 Å². The molecule has 0 spiro atoms. The second-order valence-corrected chi connectivity index (χ2v) is 7.63. The Morgan fingerprint density at radius 3 is 2.65 bits per heavy atom. The second kappa shape index (κ2) is 7.51. The van der Waals surface area contributed by atoms with Gasteiger partial charge in [0.2, 0.25) is 10.0 Å². The first-order valence-electron chi connectivity index (χ1n) is 7.73. The molecular formula is C17H22N2O3S. The van der Waals surface area contributed by atoms with E-state index in [9.17, 15) is 13.2 Å². The van der Waals surface area contributed by atoms with Gasteiger partial charge in [-0.2, -0.15) is 0 Å². The van der Waals surface area contributed by atoms with Crippen molar-refractivity contribution >= 4 is 21.6 Å². The third kappa shape index (κ3) is 5.00. The molecule has 1 amide bonds. The molecule has 1 aromatic rings. The molecule has 0 unspecified atom stereocenters. The van der Waals surface area contributed by atoms with Crippen LogP contribution in [0.3, 0.4) is 0 Å². The average molecular weight is 334 g/mol. The quantitative estimate of drug-likeness (QED) is 0.841. The summed E-state index contributed by atoms with van der Waals surface area (Å²) < 4.78 is 25.1. The minimum absolute atomic E-state index is 0.146. The number of nitrogens with zero attached hydrogens (tertiary/aromatic N) is 1. The third-order valence-corrected chi connectivity index (χ3v) is 4.56. The molecular weight excluding hydrogens is 312 g/mol. The minimum Gasteiger partial charge on any atom is -0.325 e. The summed E-state index contributed by atoms with van der Waals surface area (Å²) in [5.74, 6) is 2.42. The number of sulfonamides is 1. The zero-order chi connectivity index (χ0) is 16.9. The van der Waals surface area contributed by atoms with Crippen LogP contribution in [0.5, 0.6) is 0 Å². The summed E-state index contributed by atoms with van der Waals surface area (Å²) in [5, 5.41) is 0. The van der Waals surface area contributed by atoms with E-state index in [1.807, 2.05) is 0 Å². The first-order chi connectivity index (χ1) is 10.9. The van der Waals surface area contributed by atoms with E-state index in [0.717, 1.165) is 31.9 Å². The monoisotopic (exact) mass is 334 g/mol. The molecule has 0 saturated heterocycles. The van der Waals surface area contributed by atoms with Gasteiger partial charge in [0.05, 0.1) is 12.8 Å². The van der Waals surface area contributed by atoms with Crippen molar-refractivity contribution in [3.8, 4) is 12.3 Å². The summed E-state index contributed by atoms with van der Waals surface area (Å²) in [7, 11) is -3.38. The van der Waals surface area contributed by atoms with E-state index in [1.165, 1.54) is 6.42 Å². The summed E-state index contributed by atoms with van der Waals surface area (Å²) >= 11 is 0. The van der Waals surface area contributed by atoms with E-state index >= 15 is 0 Å². The highest BCUT2D eigenvalue weighted by atomic mass is 32.2. The van der Waals surface area contributed by atoms with Crippen LogP contribution in [0.15, 0.2) is 24.3 Å². The molecule has 1 N–H and O–H groups in total. The summed E-state index contributed by atoms with van der Waals surface area (Å²) in [6, 6.07) is 6.68. The molecule has 0 radical (unpaired) electrons. The van der Waals surface area contributed by atoms with Gasteiger partial charge in [-0.25, -0.2) is 8.42 Å². The maximum atomic E-state index is 12.8. The average Bonchev–Trinajstić information content (AvgIpc) is 2.51. The number of rotatable bonds is 5. The number of terminal acetylenes is 1. The van der Waals surface area contributed by atoms with Crippen molar-refractivity contribution in [3.05, 3.63) is 29.8 Å². The van der Waals surface area contributed by atoms with Gasteiger partial charge in [-0.1, -0.05) is 31.2 Å². The van der Waals surface area contributed by atoms with Gasteiger partial charge in [0.1, 0.15) is 0 Å². The number of benzene rings is 1. The molecule has 0 aliphatic heterocycles. The maximum Gasteiger partial charge on any atom is 0.254 e. The number of amides is 1. The Hall–Kier alpha value is -2.00. The highest BCUT2D eigenvalue weighted by Gasteiger charge is 2.25. The molecule has 23 heavy (non-hydrogen) atoms. The smallest absolute Gasteiger partial charge is 0.254 e. The van der Waals surface area contributed by atoms with E-state index < -0.39 is 10.0 Å². The lowest BCUT2D eigenvalue weighted by atomic mass is 9.93. The van der Waals surface area contributed by atoms with Crippen molar-refractivity contribution in [1.82, 2.24) is 4.90 Å². The molecule has 0 heterocycles. The van der Waals surface area contributed by atoms with Gasteiger partial charge in [0, 0.05) is 17.3 Å². The van der Waals surface area contributed by atoms with Gasteiger partial charge in [0.15, 0.2) is 0 Å². The first kappa shape index (κ1) is 17.4. The molecule has 1 fully saturated rings. The summed E-state index contributed by atoms with van der Waals surface area (Å²) in [6.07, 6.45) is 11.8. The fraction of sp³-hybridized carbons (Fsp3) is 0.471. The standard InChI is InChI=1S/C17H22N2O3S/c1-3-12-19(16-10-5-4-6-11-16)17(20)14-8-7-9-15(13-14)18-23(2,21)22/h1,7-9,13,16,18H,4-6,10-12H2,2H3. The van der Waals surface area contributed by atoms with Gasteiger partial charge in [-0.15, -0.1) is 6.42 Å². The van der Waals surface area contributed by atoms with Crippen LogP contribution < -0.4 is 4.72 Å². The summed E-state index contributed by atoms with van der Waals surface area (Å²) in [6.45, 7) is 0.271. The predicted molar refractivity (Wildman–Crippen MR) is 91.7 cm³/mol. The topological polar surface area (TPSA) is 66.5 Å². The Balaban J connectivity index is 2.22. The van der Waals surface area contributed by atoms with E-state index in [4.69, 9.17) is 6.42 Å². The van der Waals surface area contributed by atoms with Crippen molar-refractivity contribution in [2.24, 2.45) is 0 Å². The van der Waals surface area contributed by atoms with Crippen LogP contribution in [0.4, 0.5) is 5.69 Å². The van der Waals surface area contributed by atoms with Crippen LogP contribution in [0.25, 0.3) is 0 Å². The minimum atomic E-state index is -3.38. The molecule has 2 rings (SSSR count). The molecule has 5 nitrogen and oxygen atoms in total. The Bertz CT molecular complexity index is 701.